The Morgan fingerprint density at radius 2 is 2.13 bits per heavy atom. The summed E-state index contributed by atoms with van der Waals surface area (Å²) < 4.78 is 10.7. The fraction of sp³-hybridized carbons (Fsp3) is 0.500. The predicted molar refractivity (Wildman–Crippen MR) is 92.7 cm³/mol. The third kappa shape index (κ3) is 5.41. The quantitative estimate of drug-likeness (QED) is 0.481. The minimum Gasteiger partial charge on any atom is -0.493 e. The molecule has 1 aliphatic rings. The lowest BCUT2D eigenvalue weighted by Crippen LogP contribution is -2.41. The van der Waals surface area contributed by atoms with E-state index in [0.29, 0.717) is 30.0 Å². The van der Waals surface area contributed by atoms with Crippen LogP contribution in [-0.4, -0.2) is 25.7 Å². The van der Waals surface area contributed by atoms with Crippen LogP contribution in [0.15, 0.2) is 23.2 Å². The van der Waals surface area contributed by atoms with E-state index in [4.69, 9.17) is 21.6 Å². The van der Waals surface area contributed by atoms with Gasteiger partial charge in [0, 0.05) is 6.04 Å². The maximum atomic E-state index is 5.98. The molecule has 5 nitrogen and oxygen atoms in total. The van der Waals surface area contributed by atoms with Crippen LogP contribution < -0.4 is 20.5 Å². The Hall–Kier alpha value is -2.35. The minimum atomic E-state index is 0.203. The summed E-state index contributed by atoms with van der Waals surface area (Å²) in [6.45, 7) is 0.691. The van der Waals surface area contributed by atoms with Gasteiger partial charge >= 0.3 is 0 Å². The number of aliphatic imine (C=N–C) groups is 1. The Bertz CT molecular complexity index is 572. The third-order valence-corrected chi connectivity index (χ3v) is 3.93. The number of nitrogens with zero attached hydrogens (tertiary/aromatic N) is 1. The molecule has 1 aliphatic carbocycles. The average molecular weight is 315 g/mol. The molecule has 0 bridgehead atoms. The highest BCUT2D eigenvalue weighted by Gasteiger charge is 2.13. The molecule has 0 aliphatic heterocycles. The molecule has 1 saturated carbocycles. The number of hydrogen-bond acceptors (Lipinski definition) is 3. The fourth-order valence-electron chi connectivity index (χ4n) is 2.73. The number of guanidine groups is 1. The summed E-state index contributed by atoms with van der Waals surface area (Å²) in [6.07, 6.45) is 11.4. The minimum absolute atomic E-state index is 0.203. The van der Waals surface area contributed by atoms with Crippen molar-refractivity contribution in [2.24, 2.45) is 10.7 Å². The molecule has 1 aromatic rings. The lowest BCUT2D eigenvalue weighted by atomic mass is 9.96. The number of hydrogen-bond donors (Lipinski definition) is 2. The van der Waals surface area contributed by atoms with Gasteiger partial charge in [-0.1, -0.05) is 31.2 Å². The zero-order valence-corrected chi connectivity index (χ0v) is 13.7. The van der Waals surface area contributed by atoms with Crippen molar-refractivity contribution in [2.75, 3.05) is 13.7 Å². The highest BCUT2D eigenvalue weighted by atomic mass is 16.5. The van der Waals surface area contributed by atoms with Crippen molar-refractivity contribution < 1.29 is 9.47 Å². The van der Waals surface area contributed by atoms with Gasteiger partial charge in [-0.3, -0.25) is 0 Å². The Balaban J connectivity index is 1.95. The number of nitrogens with two attached hydrogens (primary N) is 1. The second-order valence-corrected chi connectivity index (χ2v) is 5.66. The van der Waals surface area contributed by atoms with Gasteiger partial charge in [0.2, 0.25) is 0 Å². The molecule has 5 heteroatoms. The normalized spacial score (nSPS) is 15.7. The maximum absolute atomic E-state index is 5.98. The number of benzene rings is 1. The van der Waals surface area contributed by atoms with Gasteiger partial charge in [0.1, 0.15) is 6.61 Å². The van der Waals surface area contributed by atoms with E-state index in [9.17, 15) is 0 Å². The van der Waals surface area contributed by atoms with Gasteiger partial charge in [-0.15, -0.1) is 6.42 Å². The molecule has 1 fully saturated rings. The van der Waals surface area contributed by atoms with Crippen LogP contribution >= 0.6 is 0 Å². The summed E-state index contributed by atoms with van der Waals surface area (Å²) in [7, 11) is 1.60. The van der Waals surface area contributed by atoms with Crippen molar-refractivity contribution in [3.05, 3.63) is 23.8 Å². The van der Waals surface area contributed by atoms with Gasteiger partial charge in [0.15, 0.2) is 17.5 Å². The van der Waals surface area contributed by atoms with E-state index < -0.39 is 0 Å². The van der Waals surface area contributed by atoms with E-state index in [1.165, 1.54) is 32.1 Å². The van der Waals surface area contributed by atoms with Crippen molar-refractivity contribution in [1.29, 1.82) is 0 Å². The van der Waals surface area contributed by atoms with E-state index in [0.717, 1.165) is 5.56 Å². The molecule has 0 saturated heterocycles. The smallest absolute Gasteiger partial charge is 0.189 e. The van der Waals surface area contributed by atoms with Crippen molar-refractivity contribution in [2.45, 2.75) is 44.7 Å². The van der Waals surface area contributed by atoms with Crippen LogP contribution in [0.4, 0.5) is 0 Å². The third-order valence-electron chi connectivity index (χ3n) is 3.93. The molecule has 1 aromatic carbocycles. The number of ether oxygens (including phenoxy) is 2. The molecule has 0 amide bonds. The summed E-state index contributed by atoms with van der Waals surface area (Å²) in [6, 6.07) is 6.13. The molecule has 124 valence electrons. The molecular formula is C18H25N3O2. The highest BCUT2D eigenvalue weighted by molar-refractivity contribution is 5.78. The first-order valence-corrected chi connectivity index (χ1v) is 8.02. The predicted octanol–water partition coefficient (Wildman–Crippen LogP) is 2.44. The topological polar surface area (TPSA) is 68.9 Å². The number of nitrogens with one attached hydrogen (secondary N) is 1. The van der Waals surface area contributed by atoms with Gasteiger partial charge in [-0.05, 0) is 30.5 Å². The first-order valence-electron chi connectivity index (χ1n) is 8.02. The van der Waals surface area contributed by atoms with Gasteiger partial charge in [0.25, 0.3) is 0 Å². The molecule has 0 heterocycles. The van der Waals surface area contributed by atoms with E-state index >= 15 is 0 Å². The Morgan fingerprint density at radius 1 is 1.35 bits per heavy atom. The van der Waals surface area contributed by atoms with Gasteiger partial charge in [0.05, 0.1) is 13.7 Å². The van der Waals surface area contributed by atoms with Crippen molar-refractivity contribution >= 4 is 5.96 Å². The van der Waals surface area contributed by atoms with Gasteiger partial charge < -0.3 is 20.5 Å². The number of rotatable bonds is 6. The fourth-order valence-corrected chi connectivity index (χ4v) is 2.73. The first kappa shape index (κ1) is 17.0. The Kier molecular flexibility index (Phi) is 6.61. The van der Waals surface area contributed by atoms with E-state index in [2.05, 4.69) is 16.2 Å². The molecular weight excluding hydrogens is 290 g/mol. The van der Waals surface area contributed by atoms with E-state index in [1.807, 2.05) is 18.2 Å². The zero-order valence-electron chi connectivity index (χ0n) is 13.7. The molecule has 0 unspecified atom stereocenters. The van der Waals surface area contributed by atoms with Gasteiger partial charge in [-0.25, -0.2) is 4.99 Å². The average Bonchev–Trinajstić information content (AvgIpc) is 2.59. The monoisotopic (exact) mass is 315 g/mol. The second kappa shape index (κ2) is 8.94. The molecule has 0 spiro atoms. The van der Waals surface area contributed by atoms with Crippen molar-refractivity contribution in [3.8, 4) is 23.8 Å². The van der Waals surface area contributed by atoms with Crippen molar-refractivity contribution in [3.63, 3.8) is 0 Å². The van der Waals surface area contributed by atoms with Crippen LogP contribution in [0.5, 0.6) is 11.5 Å². The zero-order chi connectivity index (χ0) is 16.5. The second-order valence-electron chi connectivity index (χ2n) is 5.66. The molecule has 0 aromatic heterocycles. The van der Waals surface area contributed by atoms with E-state index in [1.54, 1.807) is 7.11 Å². The van der Waals surface area contributed by atoms with Crippen molar-refractivity contribution in [1.82, 2.24) is 5.32 Å². The van der Waals surface area contributed by atoms with Crippen LogP contribution in [0.25, 0.3) is 0 Å². The molecule has 0 radical (unpaired) electrons. The SMILES string of the molecule is C#CCOc1cc(CN=C(N)NC2CCCCC2)ccc1OC. The summed E-state index contributed by atoms with van der Waals surface area (Å²) >= 11 is 0. The summed E-state index contributed by atoms with van der Waals surface area (Å²) in [4.78, 5) is 4.41. The molecule has 0 atom stereocenters. The van der Waals surface area contributed by atoms with Gasteiger partial charge in [-0.2, -0.15) is 0 Å². The lowest BCUT2D eigenvalue weighted by Gasteiger charge is -2.23. The lowest BCUT2D eigenvalue weighted by molar-refractivity contribution is 0.330. The summed E-state index contributed by atoms with van der Waals surface area (Å²) in [5, 5.41) is 3.31. The number of terminal acetylenes is 1. The van der Waals surface area contributed by atoms with Crippen LogP contribution in [0, 0.1) is 12.3 Å². The van der Waals surface area contributed by atoms with E-state index in [-0.39, 0.29) is 6.61 Å². The Labute approximate surface area is 138 Å². The Morgan fingerprint density at radius 3 is 2.83 bits per heavy atom. The maximum Gasteiger partial charge on any atom is 0.189 e. The largest absolute Gasteiger partial charge is 0.493 e. The first-order chi connectivity index (χ1) is 11.2. The molecule has 2 rings (SSSR count). The summed E-state index contributed by atoms with van der Waals surface area (Å²) in [5.41, 5.74) is 6.97. The number of methoxy groups -OCH3 is 1. The standard InChI is InChI=1S/C18H25N3O2/c1-3-11-23-17-12-14(9-10-16(17)22-2)13-20-18(19)21-15-7-5-4-6-8-15/h1,9-10,12,15H,4-8,11,13H2,2H3,(H3,19,20,21). The highest BCUT2D eigenvalue weighted by Crippen LogP contribution is 2.28. The van der Waals surface area contributed by atoms with Crippen LogP contribution in [-0.2, 0) is 6.54 Å². The van der Waals surface area contributed by atoms with Crippen LogP contribution in [0.3, 0.4) is 0 Å². The molecule has 23 heavy (non-hydrogen) atoms. The van der Waals surface area contributed by atoms with Crippen LogP contribution in [0.1, 0.15) is 37.7 Å². The summed E-state index contributed by atoms with van der Waals surface area (Å²) in [5.74, 6) is 4.22. The van der Waals surface area contributed by atoms with Crippen LogP contribution in [0.2, 0.25) is 0 Å². The molecule has 3 N–H and O–H groups in total.